The summed E-state index contributed by atoms with van der Waals surface area (Å²) in [5, 5.41) is 2.54. The van der Waals surface area contributed by atoms with Gasteiger partial charge in [0.25, 0.3) is 0 Å². The molecule has 0 unspecified atom stereocenters. The highest BCUT2D eigenvalue weighted by atomic mass is 16.7. The van der Waals surface area contributed by atoms with Crippen LogP contribution in [0.25, 0.3) is 0 Å². The van der Waals surface area contributed by atoms with E-state index in [1.807, 2.05) is 18.2 Å². The van der Waals surface area contributed by atoms with Gasteiger partial charge in [-0.05, 0) is 5.56 Å². The second-order valence-electron chi connectivity index (χ2n) is 5.66. The zero-order valence-corrected chi connectivity index (χ0v) is 14.2. The van der Waals surface area contributed by atoms with Crippen LogP contribution in [0.2, 0.25) is 0 Å². The molecule has 24 heavy (non-hydrogen) atoms. The van der Waals surface area contributed by atoms with Crippen LogP contribution in [0.4, 0.5) is 0 Å². The number of nitrogens with zero attached hydrogens (tertiary/aromatic N) is 2. The van der Waals surface area contributed by atoms with Crippen molar-refractivity contribution in [3.05, 3.63) is 35.9 Å². The van der Waals surface area contributed by atoms with E-state index in [0.717, 1.165) is 19.6 Å². The molecule has 1 aliphatic heterocycles. The van der Waals surface area contributed by atoms with Gasteiger partial charge in [-0.2, -0.15) is 0 Å². The topological polar surface area (TPSA) is 71.1 Å². The molecule has 132 valence electrons. The van der Waals surface area contributed by atoms with Crippen molar-refractivity contribution in [1.82, 2.24) is 15.1 Å². The Bertz CT molecular complexity index is 526. The second kappa shape index (κ2) is 9.36. The maximum absolute atomic E-state index is 12.2. The van der Waals surface area contributed by atoms with Gasteiger partial charge >= 0.3 is 11.8 Å². The van der Waals surface area contributed by atoms with Gasteiger partial charge < -0.3 is 19.7 Å². The van der Waals surface area contributed by atoms with Gasteiger partial charge in [0.1, 0.15) is 0 Å². The molecule has 1 N–H and O–H groups in total. The second-order valence-corrected chi connectivity index (χ2v) is 5.66. The number of hydrogen-bond acceptors (Lipinski definition) is 5. The molecule has 0 aromatic heterocycles. The van der Waals surface area contributed by atoms with Crippen molar-refractivity contribution in [3.8, 4) is 0 Å². The largest absolute Gasteiger partial charge is 0.354 e. The fraction of sp³-hybridized carbons (Fsp3) is 0.529. The number of amides is 2. The van der Waals surface area contributed by atoms with E-state index in [1.165, 1.54) is 19.8 Å². The molecule has 1 aromatic carbocycles. The van der Waals surface area contributed by atoms with Gasteiger partial charge in [-0.15, -0.1) is 0 Å². The predicted octanol–water partition coefficient (Wildman–Crippen LogP) is 0.0659. The molecule has 2 rings (SSSR count). The van der Waals surface area contributed by atoms with Crippen molar-refractivity contribution in [2.24, 2.45) is 0 Å². The number of benzene rings is 1. The highest BCUT2D eigenvalue weighted by Gasteiger charge is 2.26. The number of nitrogens with one attached hydrogen (secondary N) is 1. The average Bonchev–Trinajstić information content (AvgIpc) is 2.63. The molecule has 1 saturated heterocycles. The molecule has 0 atom stereocenters. The first kappa shape index (κ1) is 18.4. The highest BCUT2D eigenvalue weighted by Crippen LogP contribution is 2.08. The van der Waals surface area contributed by atoms with Crippen molar-refractivity contribution >= 4 is 11.8 Å². The van der Waals surface area contributed by atoms with Crippen molar-refractivity contribution in [2.45, 2.75) is 12.8 Å². The normalized spacial score (nSPS) is 15.5. The molecule has 1 heterocycles. The van der Waals surface area contributed by atoms with Crippen LogP contribution >= 0.6 is 0 Å². The molecule has 0 saturated carbocycles. The number of ether oxygens (including phenoxy) is 2. The summed E-state index contributed by atoms with van der Waals surface area (Å²) in [7, 11) is 2.96. The zero-order chi connectivity index (χ0) is 17.4. The number of piperazine rings is 1. The van der Waals surface area contributed by atoms with E-state index >= 15 is 0 Å². The maximum Gasteiger partial charge on any atom is 0.311 e. The minimum absolute atomic E-state index is 0.144. The Morgan fingerprint density at radius 1 is 1.08 bits per heavy atom. The average molecular weight is 335 g/mol. The molecule has 2 amide bonds. The smallest absolute Gasteiger partial charge is 0.311 e. The summed E-state index contributed by atoms with van der Waals surface area (Å²) in [6.07, 6.45) is -0.551. The van der Waals surface area contributed by atoms with E-state index < -0.39 is 18.1 Å². The van der Waals surface area contributed by atoms with E-state index in [1.54, 1.807) is 4.90 Å². The number of methoxy groups -OCH3 is 2. The van der Waals surface area contributed by atoms with Crippen LogP contribution < -0.4 is 5.32 Å². The van der Waals surface area contributed by atoms with Gasteiger partial charge in [-0.3, -0.25) is 14.5 Å². The first-order valence-corrected chi connectivity index (χ1v) is 8.03. The number of hydrogen-bond donors (Lipinski definition) is 1. The highest BCUT2D eigenvalue weighted by molar-refractivity contribution is 6.35. The molecule has 7 nitrogen and oxygen atoms in total. The fourth-order valence-electron chi connectivity index (χ4n) is 2.61. The fourth-order valence-corrected chi connectivity index (χ4v) is 2.61. The third-order valence-corrected chi connectivity index (χ3v) is 4.06. The van der Waals surface area contributed by atoms with Crippen LogP contribution in [0.1, 0.15) is 5.56 Å². The molecule has 0 radical (unpaired) electrons. The van der Waals surface area contributed by atoms with Crippen LogP contribution in [0.3, 0.4) is 0 Å². The quantitative estimate of drug-likeness (QED) is 0.588. The number of rotatable bonds is 6. The van der Waals surface area contributed by atoms with E-state index in [-0.39, 0.29) is 6.54 Å². The SMILES string of the molecule is COC(CNC(=O)C(=O)N1CCN(Cc2ccccc2)CC1)OC. The lowest BCUT2D eigenvalue weighted by molar-refractivity contribution is -0.148. The van der Waals surface area contributed by atoms with Gasteiger partial charge in [0.05, 0.1) is 6.54 Å². The van der Waals surface area contributed by atoms with E-state index in [9.17, 15) is 9.59 Å². The molecular weight excluding hydrogens is 310 g/mol. The Morgan fingerprint density at radius 3 is 2.29 bits per heavy atom. The molecule has 1 fully saturated rings. The van der Waals surface area contributed by atoms with Crippen molar-refractivity contribution in [1.29, 1.82) is 0 Å². The third-order valence-electron chi connectivity index (χ3n) is 4.06. The Kier molecular flexibility index (Phi) is 7.17. The van der Waals surface area contributed by atoms with Gasteiger partial charge in [0.2, 0.25) is 0 Å². The summed E-state index contributed by atoms with van der Waals surface area (Å²) >= 11 is 0. The first-order valence-electron chi connectivity index (χ1n) is 8.03. The van der Waals surface area contributed by atoms with Crippen LogP contribution in [0.15, 0.2) is 30.3 Å². The number of carbonyl (C=O) groups is 2. The third kappa shape index (κ3) is 5.30. The lowest BCUT2D eigenvalue weighted by atomic mass is 10.2. The molecule has 1 aliphatic rings. The van der Waals surface area contributed by atoms with E-state index in [4.69, 9.17) is 9.47 Å². The molecule has 7 heteroatoms. The summed E-state index contributed by atoms with van der Waals surface area (Å²) in [5.41, 5.74) is 1.25. The Morgan fingerprint density at radius 2 is 1.71 bits per heavy atom. The summed E-state index contributed by atoms with van der Waals surface area (Å²) in [5.74, 6) is -1.12. The molecule has 0 spiro atoms. The van der Waals surface area contributed by atoms with Crippen molar-refractivity contribution in [3.63, 3.8) is 0 Å². The minimum atomic E-state index is -0.620. The molecule has 0 bridgehead atoms. The standard InChI is InChI=1S/C17H25N3O4/c1-23-15(24-2)12-18-16(21)17(22)20-10-8-19(9-11-20)13-14-6-4-3-5-7-14/h3-7,15H,8-13H2,1-2H3,(H,18,21). The Labute approximate surface area is 142 Å². The van der Waals surface area contributed by atoms with Crippen LogP contribution in [0, 0.1) is 0 Å². The lowest BCUT2D eigenvalue weighted by Gasteiger charge is -2.34. The Balaban J connectivity index is 1.74. The van der Waals surface area contributed by atoms with Gasteiger partial charge in [0, 0.05) is 46.9 Å². The van der Waals surface area contributed by atoms with Gasteiger partial charge in [-0.25, -0.2) is 0 Å². The van der Waals surface area contributed by atoms with Crippen LogP contribution in [-0.2, 0) is 25.6 Å². The molecular formula is C17H25N3O4. The van der Waals surface area contributed by atoms with Gasteiger partial charge in [0.15, 0.2) is 6.29 Å². The van der Waals surface area contributed by atoms with Crippen molar-refractivity contribution < 1.29 is 19.1 Å². The van der Waals surface area contributed by atoms with E-state index in [2.05, 4.69) is 22.3 Å². The lowest BCUT2D eigenvalue weighted by Crippen LogP contribution is -2.53. The zero-order valence-electron chi connectivity index (χ0n) is 14.2. The van der Waals surface area contributed by atoms with E-state index in [0.29, 0.717) is 13.1 Å². The van der Waals surface area contributed by atoms with Gasteiger partial charge in [-0.1, -0.05) is 30.3 Å². The first-order chi connectivity index (χ1) is 11.6. The summed E-state index contributed by atoms with van der Waals surface area (Å²) in [4.78, 5) is 28.0. The van der Waals surface area contributed by atoms with Crippen LogP contribution in [0.5, 0.6) is 0 Å². The molecule has 0 aliphatic carbocycles. The Hall–Kier alpha value is -1.96. The number of carbonyl (C=O) groups excluding carboxylic acids is 2. The summed E-state index contributed by atoms with van der Waals surface area (Å²) < 4.78 is 9.95. The minimum Gasteiger partial charge on any atom is -0.354 e. The van der Waals surface area contributed by atoms with Crippen molar-refractivity contribution in [2.75, 3.05) is 46.9 Å². The van der Waals surface area contributed by atoms with Crippen LogP contribution in [-0.4, -0.2) is 74.8 Å². The molecule has 1 aromatic rings. The predicted molar refractivity (Wildman–Crippen MR) is 89.1 cm³/mol. The monoisotopic (exact) mass is 335 g/mol. The summed E-state index contributed by atoms with van der Waals surface area (Å²) in [6.45, 7) is 3.62. The maximum atomic E-state index is 12.2. The summed E-state index contributed by atoms with van der Waals surface area (Å²) in [6, 6.07) is 10.2.